The molecule has 2 rings (SSSR count). The highest BCUT2D eigenvalue weighted by Gasteiger charge is 2.21. The van der Waals surface area contributed by atoms with Gasteiger partial charge in [-0.3, -0.25) is 4.79 Å². The normalized spacial score (nSPS) is 17.3. The van der Waals surface area contributed by atoms with Crippen molar-refractivity contribution in [2.75, 3.05) is 0 Å². The molecule has 1 aromatic carbocycles. The summed E-state index contributed by atoms with van der Waals surface area (Å²) in [6, 6.07) is 6.17. The third-order valence-electron chi connectivity index (χ3n) is 2.06. The molecular formula is C11H6NO3S2-. The van der Waals surface area contributed by atoms with E-state index in [2.05, 4.69) is 5.32 Å². The highest BCUT2D eigenvalue weighted by molar-refractivity contribution is 8.26. The van der Waals surface area contributed by atoms with Gasteiger partial charge in [0.05, 0.1) is 10.9 Å². The maximum Gasteiger partial charge on any atom is 0.263 e. The van der Waals surface area contributed by atoms with Crippen LogP contribution in [0, 0.1) is 0 Å². The number of carboxylic acids is 1. The Morgan fingerprint density at radius 3 is 2.82 bits per heavy atom. The molecule has 1 aromatic rings. The molecule has 1 fully saturated rings. The predicted octanol–water partition coefficient (Wildman–Crippen LogP) is 0.539. The van der Waals surface area contributed by atoms with Crippen molar-refractivity contribution in [2.24, 2.45) is 0 Å². The van der Waals surface area contributed by atoms with Gasteiger partial charge in [0.25, 0.3) is 5.91 Å². The number of carboxylic acid groups (broad SMARTS) is 1. The van der Waals surface area contributed by atoms with Crippen LogP contribution in [-0.2, 0) is 4.79 Å². The summed E-state index contributed by atoms with van der Waals surface area (Å²) >= 11 is 5.99. The summed E-state index contributed by atoms with van der Waals surface area (Å²) in [5, 5.41) is 13.2. The molecule has 0 aromatic heterocycles. The van der Waals surface area contributed by atoms with Crippen molar-refractivity contribution >= 4 is 46.3 Å². The smallest absolute Gasteiger partial charge is 0.263 e. The van der Waals surface area contributed by atoms with Gasteiger partial charge >= 0.3 is 0 Å². The van der Waals surface area contributed by atoms with E-state index >= 15 is 0 Å². The van der Waals surface area contributed by atoms with Gasteiger partial charge in [-0.1, -0.05) is 42.2 Å². The first-order valence-corrected chi connectivity index (χ1v) is 5.85. The highest BCUT2D eigenvalue weighted by Crippen LogP contribution is 2.25. The Hall–Kier alpha value is -1.66. The van der Waals surface area contributed by atoms with Crippen LogP contribution >= 0.6 is 24.0 Å². The van der Waals surface area contributed by atoms with E-state index < -0.39 is 5.97 Å². The first kappa shape index (κ1) is 11.8. The van der Waals surface area contributed by atoms with Gasteiger partial charge in [0.15, 0.2) is 0 Å². The minimum Gasteiger partial charge on any atom is -0.545 e. The molecule has 17 heavy (non-hydrogen) atoms. The first-order chi connectivity index (χ1) is 8.06. The lowest BCUT2D eigenvalue weighted by Crippen LogP contribution is -2.22. The van der Waals surface area contributed by atoms with Gasteiger partial charge in [-0.2, -0.15) is 0 Å². The molecule has 1 aliphatic rings. The van der Waals surface area contributed by atoms with Gasteiger partial charge in [-0.05, 0) is 23.3 Å². The SMILES string of the molecule is O=C1NC(=S)S/C1=C/c1cccc(C(=O)[O-])c1. The van der Waals surface area contributed by atoms with E-state index in [4.69, 9.17) is 12.2 Å². The molecule has 1 heterocycles. The van der Waals surface area contributed by atoms with Crippen molar-refractivity contribution in [1.82, 2.24) is 5.32 Å². The summed E-state index contributed by atoms with van der Waals surface area (Å²) in [6.45, 7) is 0. The Balaban J connectivity index is 2.33. The van der Waals surface area contributed by atoms with Gasteiger partial charge in [-0.15, -0.1) is 0 Å². The summed E-state index contributed by atoms with van der Waals surface area (Å²) in [4.78, 5) is 22.5. The quantitative estimate of drug-likeness (QED) is 0.623. The number of rotatable bonds is 2. The maximum absolute atomic E-state index is 11.4. The number of benzene rings is 1. The van der Waals surface area contributed by atoms with Gasteiger partial charge < -0.3 is 15.2 Å². The second-order valence-electron chi connectivity index (χ2n) is 3.27. The summed E-state index contributed by atoms with van der Waals surface area (Å²) in [7, 11) is 0. The van der Waals surface area contributed by atoms with Crippen molar-refractivity contribution in [3.05, 3.63) is 40.3 Å². The number of hydrogen-bond acceptors (Lipinski definition) is 5. The minimum atomic E-state index is -1.25. The average Bonchev–Trinajstić information content (AvgIpc) is 2.58. The van der Waals surface area contributed by atoms with Crippen molar-refractivity contribution in [3.8, 4) is 0 Å². The second kappa shape index (κ2) is 4.68. The molecule has 1 saturated heterocycles. The van der Waals surface area contributed by atoms with E-state index in [9.17, 15) is 14.7 Å². The zero-order chi connectivity index (χ0) is 12.4. The lowest BCUT2D eigenvalue weighted by Gasteiger charge is -2.02. The number of hydrogen-bond donors (Lipinski definition) is 1. The summed E-state index contributed by atoms with van der Waals surface area (Å²) in [5.74, 6) is -1.51. The van der Waals surface area contributed by atoms with E-state index in [1.54, 1.807) is 18.2 Å². The van der Waals surface area contributed by atoms with Gasteiger partial charge in [0.1, 0.15) is 4.32 Å². The fraction of sp³-hybridized carbons (Fsp3) is 0. The molecule has 0 atom stereocenters. The van der Waals surface area contributed by atoms with Crippen LogP contribution in [-0.4, -0.2) is 16.2 Å². The third-order valence-corrected chi connectivity index (χ3v) is 3.22. The highest BCUT2D eigenvalue weighted by atomic mass is 32.2. The topological polar surface area (TPSA) is 69.2 Å². The number of thioether (sulfide) groups is 1. The molecule has 1 N–H and O–H groups in total. The summed E-state index contributed by atoms with van der Waals surface area (Å²) < 4.78 is 0.400. The summed E-state index contributed by atoms with van der Waals surface area (Å²) in [6.07, 6.45) is 1.59. The van der Waals surface area contributed by atoms with Gasteiger partial charge in [-0.25, -0.2) is 0 Å². The molecule has 1 amide bonds. The van der Waals surface area contributed by atoms with E-state index in [1.165, 1.54) is 12.1 Å². The fourth-order valence-corrected chi connectivity index (χ4v) is 2.37. The molecule has 0 saturated carbocycles. The largest absolute Gasteiger partial charge is 0.545 e. The second-order valence-corrected chi connectivity index (χ2v) is 4.98. The molecule has 0 unspecified atom stereocenters. The van der Waals surface area contributed by atoms with Crippen LogP contribution in [0.2, 0.25) is 0 Å². The molecule has 0 aliphatic carbocycles. The van der Waals surface area contributed by atoms with Crippen LogP contribution in [0.1, 0.15) is 15.9 Å². The minimum absolute atomic E-state index is 0.0744. The van der Waals surface area contributed by atoms with Gasteiger partial charge in [0, 0.05) is 0 Å². The molecule has 4 nitrogen and oxygen atoms in total. The molecule has 0 bridgehead atoms. The standard InChI is InChI=1S/C11H7NO3S2/c13-9-8(17-11(16)12-9)5-6-2-1-3-7(4-6)10(14)15/h1-5H,(H,14,15)(H,12,13,16)/p-1/b8-5+. The Morgan fingerprint density at radius 1 is 1.47 bits per heavy atom. The Kier molecular flexibility index (Phi) is 3.26. The fourth-order valence-electron chi connectivity index (χ4n) is 1.33. The summed E-state index contributed by atoms with van der Waals surface area (Å²) in [5.41, 5.74) is 0.694. The number of nitrogens with one attached hydrogen (secondary N) is 1. The lowest BCUT2D eigenvalue weighted by atomic mass is 10.1. The van der Waals surface area contributed by atoms with E-state index in [0.717, 1.165) is 11.8 Å². The van der Waals surface area contributed by atoms with Crippen LogP contribution in [0.5, 0.6) is 0 Å². The van der Waals surface area contributed by atoms with Crippen LogP contribution in [0.25, 0.3) is 6.08 Å². The Bertz CT molecular complexity index is 551. The van der Waals surface area contributed by atoms with Crippen LogP contribution in [0.15, 0.2) is 29.2 Å². The maximum atomic E-state index is 11.4. The molecule has 0 radical (unpaired) electrons. The average molecular weight is 264 g/mol. The predicted molar refractivity (Wildman–Crippen MR) is 67.1 cm³/mol. The van der Waals surface area contributed by atoms with E-state index in [-0.39, 0.29) is 11.5 Å². The zero-order valence-corrected chi connectivity index (χ0v) is 10.1. The molecule has 1 aliphatic heterocycles. The molecule has 86 valence electrons. The number of thiocarbonyl (C=S) groups is 1. The van der Waals surface area contributed by atoms with E-state index in [0.29, 0.717) is 14.8 Å². The Morgan fingerprint density at radius 2 is 2.24 bits per heavy atom. The lowest BCUT2D eigenvalue weighted by molar-refractivity contribution is -0.255. The molecule has 6 heteroatoms. The number of amides is 1. The van der Waals surface area contributed by atoms with Crippen LogP contribution < -0.4 is 10.4 Å². The monoisotopic (exact) mass is 264 g/mol. The van der Waals surface area contributed by atoms with Gasteiger partial charge in [0.2, 0.25) is 0 Å². The number of carbonyl (C=O) groups is 2. The zero-order valence-electron chi connectivity index (χ0n) is 8.43. The van der Waals surface area contributed by atoms with Crippen molar-refractivity contribution in [3.63, 3.8) is 0 Å². The number of carbonyl (C=O) groups excluding carboxylic acids is 2. The van der Waals surface area contributed by atoms with E-state index in [1.807, 2.05) is 0 Å². The number of aromatic carboxylic acids is 1. The third kappa shape index (κ3) is 2.72. The molecular weight excluding hydrogens is 258 g/mol. The van der Waals surface area contributed by atoms with Crippen molar-refractivity contribution < 1.29 is 14.7 Å². The first-order valence-electron chi connectivity index (χ1n) is 4.62. The van der Waals surface area contributed by atoms with Crippen molar-refractivity contribution in [2.45, 2.75) is 0 Å². The van der Waals surface area contributed by atoms with Crippen LogP contribution in [0.3, 0.4) is 0 Å². The van der Waals surface area contributed by atoms with Crippen molar-refractivity contribution in [1.29, 1.82) is 0 Å². The Labute approximate surface area is 107 Å². The van der Waals surface area contributed by atoms with Crippen LogP contribution in [0.4, 0.5) is 0 Å². The molecule has 0 spiro atoms.